The van der Waals surface area contributed by atoms with Gasteiger partial charge in [0, 0.05) is 0 Å². The molecule has 1 saturated heterocycles. The number of ether oxygens (including phenoxy) is 1. The van der Waals surface area contributed by atoms with Gasteiger partial charge in [-0.25, -0.2) is 4.98 Å². The van der Waals surface area contributed by atoms with Crippen molar-refractivity contribution in [2.45, 2.75) is 24.5 Å². The average Bonchev–Trinajstić information content (AvgIpc) is 3.04. The molecule has 0 amide bonds. The first kappa shape index (κ1) is 13.7. The van der Waals surface area contributed by atoms with E-state index in [1.54, 1.807) is 0 Å². The van der Waals surface area contributed by atoms with E-state index in [0.29, 0.717) is 11.0 Å². The van der Waals surface area contributed by atoms with Crippen LogP contribution in [0, 0.1) is 16.7 Å². The van der Waals surface area contributed by atoms with Gasteiger partial charge in [0.25, 0.3) is 0 Å². The van der Waals surface area contributed by atoms with E-state index in [2.05, 4.69) is 9.97 Å². The minimum atomic E-state index is -1.26. The van der Waals surface area contributed by atoms with Crippen molar-refractivity contribution in [3.05, 3.63) is 23.6 Å². The van der Waals surface area contributed by atoms with Crippen molar-refractivity contribution in [2.24, 2.45) is 0 Å². The largest absolute Gasteiger partial charge is 0.394 e. The van der Waals surface area contributed by atoms with E-state index in [4.69, 9.17) is 20.5 Å². The van der Waals surface area contributed by atoms with Gasteiger partial charge in [0.05, 0.1) is 12.0 Å². The van der Waals surface area contributed by atoms with Crippen LogP contribution in [0.4, 0.5) is 0 Å². The standard InChI is InChI=1S/C12H13N5O4/c13-2-5-1-6-10(14)15-4-17(11(6)16-5)12-9(20)8(19)7(3-18)21-12/h1,4,7-9,12,14,16,18-20H,3H2/t7-,8-,9-,12-/m1/s1. The monoisotopic (exact) mass is 291 g/mol. The van der Waals surface area contributed by atoms with Crippen LogP contribution in [0.3, 0.4) is 0 Å². The number of aliphatic hydroxyl groups excluding tert-OH is 3. The molecule has 1 aliphatic heterocycles. The Morgan fingerprint density at radius 3 is 2.86 bits per heavy atom. The lowest BCUT2D eigenvalue weighted by Crippen LogP contribution is -2.33. The van der Waals surface area contributed by atoms with Crippen LogP contribution >= 0.6 is 0 Å². The molecule has 1 fully saturated rings. The summed E-state index contributed by atoms with van der Waals surface area (Å²) in [6, 6.07) is 3.40. The summed E-state index contributed by atoms with van der Waals surface area (Å²) in [7, 11) is 0. The first-order chi connectivity index (χ1) is 10.1. The van der Waals surface area contributed by atoms with Crippen LogP contribution in [0.25, 0.3) is 11.0 Å². The van der Waals surface area contributed by atoms with Gasteiger partial charge < -0.3 is 25.0 Å². The summed E-state index contributed by atoms with van der Waals surface area (Å²) < 4.78 is 6.82. The third-order valence-corrected chi connectivity index (χ3v) is 3.53. The highest BCUT2D eigenvalue weighted by atomic mass is 16.6. The van der Waals surface area contributed by atoms with Gasteiger partial charge in [0.15, 0.2) is 11.7 Å². The number of H-pyrrole nitrogens is 1. The minimum absolute atomic E-state index is 0.0225. The fourth-order valence-corrected chi connectivity index (χ4v) is 2.44. The predicted molar refractivity (Wildman–Crippen MR) is 67.7 cm³/mol. The lowest BCUT2D eigenvalue weighted by atomic mass is 10.1. The maximum Gasteiger partial charge on any atom is 0.165 e. The molecule has 2 aromatic heterocycles. The van der Waals surface area contributed by atoms with Gasteiger partial charge in [-0.15, -0.1) is 0 Å². The van der Waals surface area contributed by atoms with Crippen LogP contribution in [0.15, 0.2) is 12.4 Å². The summed E-state index contributed by atoms with van der Waals surface area (Å²) in [5, 5.41) is 46.0. The SMILES string of the molecule is N#Cc1cc2c(=N)ncn([C@@H]3O[C@H](CO)[C@@H](O)[C@H]3O)c2[nH]1. The normalized spacial score (nSPS) is 28.9. The van der Waals surface area contributed by atoms with Crippen molar-refractivity contribution >= 4 is 11.0 Å². The number of hydrogen-bond acceptors (Lipinski definition) is 7. The molecule has 4 atom stereocenters. The van der Waals surface area contributed by atoms with Crippen LogP contribution in [0.2, 0.25) is 0 Å². The van der Waals surface area contributed by atoms with Gasteiger partial charge in [-0.1, -0.05) is 0 Å². The molecule has 1 aliphatic rings. The third-order valence-electron chi connectivity index (χ3n) is 3.53. The molecule has 5 N–H and O–H groups in total. The molecule has 0 bridgehead atoms. The Kier molecular flexibility index (Phi) is 3.23. The fraction of sp³-hybridized carbons (Fsp3) is 0.417. The van der Waals surface area contributed by atoms with E-state index in [9.17, 15) is 10.2 Å². The second kappa shape index (κ2) is 4.94. The molecule has 0 spiro atoms. The Bertz CT molecular complexity index is 776. The molecule has 0 aliphatic carbocycles. The summed E-state index contributed by atoms with van der Waals surface area (Å²) in [4.78, 5) is 6.68. The van der Waals surface area contributed by atoms with Gasteiger partial charge in [-0.2, -0.15) is 5.26 Å². The lowest BCUT2D eigenvalue weighted by molar-refractivity contribution is -0.0515. The quantitative estimate of drug-likeness (QED) is 0.446. The Morgan fingerprint density at radius 2 is 2.24 bits per heavy atom. The average molecular weight is 291 g/mol. The van der Waals surface area contributed by atoms with Gasteiger partial charge in [0.1, 0.15) is 42.0 Å². The van der Waals surface area contributed by atoms with Crippen molar-refractivity contribution in [3.8, 4) is 6.07 Å². The van der Waals surface area contributed by atoms with Crippen LogP contribution in [0.5, 0.6) is 0 Å². The molecular weight excluding hydrogens is 278 g/mol. The second-order valence-electron chi connectivity index (χ2n) is 4.79. The summed E-state index contributed by atoms with van der Waals surface area (Å²) in [5.41, 5.74) is 0.596. The lowest BCUT2D eigenvalue weighted by Gasteiger charge is -2.18. The third kappa shape index (κ3) is 2.01. The molecule has 0 aromatic carbocycles. The Labute approximate surface area is 118 Å². The van der Waals surface area contributed by atoms with Gasteiger partial charge in [-0.3, -0.25) is 9.98 Å². The topological polar surface area (TPSA) is 151 Å². The molecule has 21 heavy (non-hydrogen) atoms. The van der Waals surface area contributed by atoms with Crippen LogP contribution in [-0.2, 0) is 4.74 Å². The number of aliphatic hydroxyl groups is 3. The number of hydrogen-bond donors (Lipinski definition) is 5. The predicted octanol–water partition coefficient (Wildman–Crippen LogP) is -1.67. The molecule has 2 aromatic rings. The summed E-state index contributed by atoms with van der Waals surface area (Å²) in [6.45, 7) is -0.434. The van der Waals surface area contributed by atoms with Crippen LogP contribution in [0.1, 0.15) is 11.9 Å². The Balaban J connectivity index is 2.13. The van der Waals surface area contributed by atoms with E-state index in [0.717, 1.165) is 0 Å². The van der Waals surface area contributed by atoms with Gasteiger partial charge >= 0.3 is 0 Å². The molecule has 3 heterocycles. The number of fused-ring (bicyclic) bond motifs is 1. The van der Waals surface area contributed by atoms with Crippen molar-refractivity contribution in [3.63, 3.8) is 0 Å². The highest BCUT2D eigenvalue weighted by molar-refractivity contribution is 5.76. The maximum atomic E-state index is 10.0. The summed E-state index contributed by atoms with van der Waals surface area (Å²) in [5.74, 6) is 0. The van der Waals surface area contributed by atoms with Crippen molar-refractivity contribution in [2.75, 3.05) is 6.61 Å². The molecular formula is C12H13N5O4. The van der Waals surface area contributed by atoms with E-state index in [1.165, 1.54) is 17.0 Å². The number of rotatable bonds is 2. The first-order valence-electron chi connectivity index (χ1n) is 6.24. The van der Waals surface area contributed by atoms with Crippen molar-refractivity contribution in [1.82, 2.24) is 14.5 Å². The number of nitrogens with one attached hydrogen (secondary N) is 2. The fourth-order valence-electron chi connectivity index (χ4n) is 2.44. The highest BCUT2D eigenvalue weighted by Gasteiger charge is 2.43. The summed E-state index contributed by atoms with van der Waals surface area (Å²) in [6.07, 6.45) is -3.10. The first-order valence-corrected chi connectivity index (χ1v) is 6.24. The molecule has 9 heteroatoms. The van der Waals surface area contributed by atoms with E-state index in [-0.39, 0.29) is 11.2 Å². The van der Waals surface area contributed by atoms with Crippen LogP contribution in [-0.4, -0.2) is 54.8 Å². The van der Waals surface area contributed by atoms with Crippen molar-refractivity contribution < 1.29 is 20.1 Å². The zero-order chi connectivity index (χ0) is 15.1. The maximum absolute atomic E-state index is 10.0. The van der Waals surface area contributed by atoms with Crippen LogP contribution < -0.4 is 5.49 Å². The van der Waals surface area contributed by atoms with E-state index in [1.807, 2.05) is 6.07 Å². The molecule has 3 rings (SSSR count). The number of aromatic nitrogens is 3. The summed E-state index contributed by atoms with van der Waals surface area (Å²) >= 11 is 0. The smallest absolute Gasteiger partial charge is 0.165 e. The zero-order valence-electron chi connectivity index (χ0n) is 10.8. The molecule has 110 valence electrons. The molecule has 9 nitrogen and oxygen atoms in total. The minimum Gasteiger partial charge on any atom is -0.394 e. The zero-order valence-corrected chi connectivity index (χ0v) is 10.8. The number of aromatic amines is 1. The van der Waals surface area contributed by atoms with E-state index < -0.39 is 31.1 Å². The van der Waals surface area contributed by atoms with Gasteiger partial charge in [0.2, 0.25) is 0 Å². The molecule has 0 unspecified atom stereocenters. The number of nitriles is 1. The van der Waals surface area contributed by atoms with E-state index >= 15 is 0 Å². The Morgan fingerprint density at radius 1 is 1.48 bits per heavy atom. The molecule has 0 radical (unpaired) electrons. The molecule has 0 saturated carbocycles. The van der Waals surface area contributed by atoms with Gasteiger partial charge in [-0.05, 0) is 6.07 Å². The number of nitrogens with zero attached hydrogens (tertiary/aromatic N) is 3. The highest BCUT2D eigenvalue weighted by Crippen LogP contribution is 2.30. The van der Waals surface area contributed by atoms with Crippen molar-refractivity contribution in [1.29, 1.82) is 10.7 Å². The Hall–Kier alpha value is -2.25. The second-order valence-corrected chi connectivity index (χ2v) is 4.79.